The lowest BCUT2D eigenvalue weighted by Crippen LogP contribution is -2.24. The normalized spacial score (nSPS) is 11.8. The average molecular weight is 265 g/mol. The summed E-state index contributed by atoms with van der Waals surface area (Å²) < 4.78 is 10.2. The maximum Gasteiger partial charge on any atom is 0.310 e. The first kappa shape index (κ1) is 15.3. The highest BCUT2D eigenvalue weighted by atomic mass is 16.5. The SMILES string of the molecule is CCC(CNc1c(C)cc(C)cc1OC)C(=O)OC. The summed E-state index contributed by atoms with van der Waals surface area (Å²) in [5, 5.41) is 3.30. The molecule has 0 saturated carbocycles. The van der Waals surface area contributed by atoms with Gasteiger partial charge in [-0.2, -0.15) is 0 Å². The van der Waals surface area contributed by atoms with Crippen molar-refractivity contribution in [1.29, 1.82) is 0 Å². The fraction of sp³-hybridized carbons (Fsp3) is 0.533. The van der Waals surface area contributed by atoms with Crippen LogP contribution in [0.3, 0.4) is 0 Å². The molecule has 0 spiro atoms. The van der Waals surface area contributed by atoms with E-state index in [0.29, 0.717) is 6.54 Å². The van der Waals surface area contributed by atoms with E-state index >= 15 is 0 Å². The van der Waals surface area contributed by atoms with Crippen LogP contribution in [-0.4, -0.2) is 26.7 Å². The van der Waals surface area contributed by atoms with Crippen molar-refractivity contribution in [2.75, 3.05) is 26.1 Å². The van der Waals surface area contributed by atoms with E-state index in [4.69, 9.17) is 9.47 Å². The van der Waals surface area contributed by atoms with E-state index in [1.807, 2.05) is 26.8 Å². The number of aryl methyl sites for hydroxylation is 2. The Labute approximate surface area is 115 Å². The zero-order valence-corrected chi connectivity index (χ0v) is 12.4. The van der Waals surface area contributed by atoms with Crippen LogP contribution in [0.1, 0.15) is 24.5 Å². The lowest BCUT2D eigenvalue weighted by molar-refractivity contribution is -0.145. The Hall–Kier alpha value is -1.71. The average Bonchev–Trinajstić information content (AvgIpc) is 2.40. The Bertz CT molecular complexity index is 443. The Morgan fingerprint density at radius 3 is 2.53 bits per heavy atom. The summed E-state index contributed by atoms with van der Waals surface area (Å²) in [6.45, 7) is 6.57. The molecule has 1 N–H and O–H groups in total. The molecule has 0 aliphatic carbocycles. The Morgan fingerprint density at radius 1 is 1.32 bits per heavy atom. The van der Waals surface area contributed by atoms with Gasteiger partial charge in [-0.3, -0.25) is 4.79 Å². The van der Waals surface area contributed by atoms with E-state index in [0.717, 1.165) is 29.0 Å². The molecule has 1 rings (SSSR count). The second-order valence-corrected chi connectivity index (χ2v) is 4.67. The lowest BCUT2D eigenvalue weighted by Gasteiger charge is -2.18. The highest BCUT2D eigenvalue weighted by Crippen LogP contribution is 2.30. The molecule has 19 heavy (non-hydrogen) atoms. The molecule has 0 fully saturated rings. The van der Waals surface area contributed by atoms with Crippen molar-refractivity contribution in [3.63, 3.8) is 0 Å². The largest absolute Gasteiger partial charge is 0.495 e. The van der Waals surface area contributed by atoms with Gasteiger partial charge in [-0.1, -0.05) is 13.0 Å². The van der Waals surface area contributed by atoms with Crippen LogP contribution >= 0.6 is 0 Å². The molecule has 1 unspecified atom stereocenters. The number of anilines is 1. The smallest absolute Gasteiger partial charge is 0.310 e. The van der Waals surface area contributed by atoms with Crippen molar-refractivity contribution in [2.45, 2.75) is 27.2 Å². The van der Waals surface area contributed by atoms with Gasteiger partial charge in [0.1, 0.15) is 5.75 Å². The maximum atomic E-state index is 11.6. The molecule has 0 saturated heterocycles. The minimum absolute atomic E-state index is 0.143. The van der Waals surface area contributed by atoms with Crippen LogP contribution in [0.2, 0.25) is 0 Å². The molecule has 0 bridgehead atoms. The van der Waals surface area contributed by atoms with Crippen LogP contribution in [0, 0.1) is 19.8 Å². The van der Waals surface area contributed by atoms with Crippen LogP contribution in [0.15, 0.2) is 12.1 Å². The number of hydrogen-bond acceptors (Lipinski definition) is 4. The molecule has 0 aliphatic heterocycles. The molecular weight excluding hydrogens is 242 g/mol. The van der Waals surface area contributed by atoms with Gasteiger partial charge in [-0.25, -0.2) is 0 Å². The van der Waals surface area contributed by atoms with Gasteiger partial charge in [0.15, 0.2) is 0 Å². The fourth-order valence-corrected chi connectivity index (χ4v) is 2.10. The third-order valence-corrected chi connectivity index (χ3v) is 3.22. The third kappa shape index (κ3) is 3.88. The van der Waals surface area contributed by atoms with E-state index in [9.17, 15) is 4.79 Å². The molecule has 1 aromatic carbocycles. The van der Waals surface area contributed by atoms with Crippen LogP contribution < -0.4 is 10.1 Å². The predicted octanol–water partition coefficient (Wildman–Crippen LogP) is 2.92. The van der Waals surface area contributed by atoms with Gasteiger partial charge in [-0.15, -0.1) is 0 Å². The quantitative estimate of drug-likeness (QED) is 0.803. The Morgan fingerprint density at radius 2 is 2.00 bits per heavy atom. The second-order valence-electron chi connectivity index (χ2n) is 4.67. The molecule has 0 heterocycles. The zero-order chi connectivity index (χ0) is 14.4. The molecule has 1 aromatic rings. The second kappa shape index (κ2) is 7.02. The van der Waals surface area contributed by atoms with Gasteiger partial charge >= 0.3 is 5.97 Å². The number of hydrogen-bond donors (Lipinski definition) is 1. The molecular formula is C15H23NO3. The summed E-state index contributed by atoms with van der Waals surface area (Å²) in [6.07, 6.45) is 0.743. The number of carbonyl (C=O) groups excluding carboxylic acids is 1. The van der Waals surface area contributed by atoms with Gasteiger partial charge in [0.05, 0.1) is 25.8 Å². The third-order valence-electron chi connectivity index (χ3n) is 3.22. The van der Waals surface area contributed by atoms with E-state index < -0.39 is 0 Å². The van der Waals surface area contributed by atoms with Gasteiger partial charge in [0, 0.05) is 6.54 Å². The number of rotatable bonds is 6. The highest BCUT2D eigenvalue weighted by Gasteiger charge is 2.18. The highest BCUT2D eigenvalue weighted by molar-refractivity contribution is 5.73. The number of nitrogens with one attached hydrogen (secondary N) is 1. The predicted molar refractivity (Wildman–Crippen MR) is 76.8 cm³/mol. The lowest BCUT2D eigenvalue weighted by atomic mass is 10.1. The molecule has 0 aromatic heterocycles. The molecule has 0 radical (unpaired) electrons. The summed E-state index contributed by atoms with van der Waals surface area (Å²) in [5.74, 6) is 0.478. The topological polar surface area (TPSA) is 47.6 Å². The minimum Gasteiger partial charge on any atom is -0.495 e. The number of carbonyl (C=O) groups is 1. The number of benzene rings is 1. The van der Waals surface area contributed by atoms with Crippen molar-refractivity contribution < 1.29 is 14.3 Å². The van der Waals surface area contributed by atoms with Crippen molar-refractivity contribution >= 4 is 11.7 Å². The first-order valence-corrected chi connectivity index (χ1v) is 6.50. The van der Waals surface area contributed by atoms with E-state index in [1.165, 1.54) is 7.11 Å². The van der Waals surface area contributed by atoms with Gasteiger partial charge in [0.25, 0.3) is 0 Å². The van der Waals surface area contributed by atoms with Gasteiger partial charge < -0.3 is 14.8 Å². The van der Waals surface area contributed by atoms with Crippen LogP contribution in [0.5, 0.6) is 5.75 Å². The first-order chi connectivity index (χ1) is 9.03. The minimum atomic E-state index is -0.182. The number of esters is 1. The van der Waals surface area contributed by atoms with E-state index in [2.05, 4.69) is 11.4 Å². The number of ether oxygens (including phenoxy) is 2. The molecule has 4 heteroatoms. The monoisotopic (exact) mass is 265 g/mol. The fourth-order valence-electron chi connectivity index (χ4n) is 2.10. The van der Waals surface area contributed by atoms with Crippen molar-refractivity contribution in [3.8, 4) is 5.75 Å². The standard InChI is InChI=1S/C15H23NO3/c1-6-12(15(17)19-5)9-16-14-11(3)7-10(2)8-13(14)18-4/h7-8,12,16H,6,9H2,1-5H3. The first-order valence-electron chi connectivity index (χ1n) is 6.50. The van der Waals surface area contributed by atoms with Crippen molar-refractivity contribution in [2.24, 2.45) is 5.92 Å². The Kier molecular flexibility index (Phi) is 5.67. The number of methoxy groups -OCH3 is 2. The summed E-state index contributed by atoms with van der Waals surface area (Å²) in [5.41, 5.74) is 3.20. The van der Waals surface area contributed by atoms with Crippen LogP contribution in [-0.2, 0) is 9.53 Å². The molecule has 1 atom stereocenters. The van der Waals surface area contributed by atoms with E-state index in [1.54, 1.807) is 7.11 Å². The zero-order valence-electron chi connectivity index (χ0n) is 12.4. The van der Waals surface area contributed by atoms with Gasteiger partial charge in [-0.05, 0) is 37.5 Å². The molecule has 0 amide bonds. The maximum absolute atomic E-state index is 11.6. The van der Waals surface area contributed by atoms with Crippen LogP contribution in [0.4, 0.5) is 5.69 Å². The Balaban J connectivity index is 2.85. The summed E-state index contributed by atoms with van der Waals surface area (Å²) >= 11 is 0. The summed E-state index contributed by atoms with van der Waals surface area (Å²) in [6, 6.07) is 4.07. The molecule has 106 valence electrons. The van der Waals surface area contributed by atoms with Crippen molar-refractivity contribution in [3.05, 3.63) is 23.3 Å². The van der Waals surface area contributed by atoms with Gasteiger partial charge in [0.2, 0.25) is 0 Å². The molecule has 0 aliphatic rings. The van der Waals surface area contributed by atoms with Crippen molar-refractivity contribution in [1.82, 2.24) is 0 Å². The summed E-state index contributed by atoms with van der Waals surface area (Å²) in [7, 11) is 3.07. The molecule has 4 nitrogen and oxygen atoms in total. The summed E-state index contributed by atoms with van der Waals surface area (Å²) in [4.78, 5) is 11.6. The van der Waals surface area contributed by atoms with E-state index in [-0.39, 0.29) is 11.9 Å². The van der Waals surface area contributed by atoms with Crippen LogP contribution in [0.25, 0.3) is 0 Å².